The maximum absolute atomic E-state index is 13.1. The molecule has 5 aliphatic rings. The first-order valence-electron chi connectivity index (χ1n) is 10.4. The second kappa shape index (κ2) is 5.98. The van der Waals surface area contributed by atoms with E-state index in [-0.39, 0.29) is 5.92 Å². The van der Waals surface area contributed by atoms with Crippen LogP contribution in [0.3, 0.4) is 0 Å². The Labute approximate surface area is 165 Å². The van der Waals surface area contributed by atoms with Crippen molar-refractivity contribution in [3.05, 3.63) is 29.8 Å². The number of esters is 2. The predicted molar refractivity (Wildman–Crippen MR) is 101 cm³/mol. The van der Waals surface area contributed by atoms with Gasteiger partial charge in [0.15, 0.2) is 5.92 Å². The van der Waals surface area contributed by atoms with Gasteiger partial charge in [-0.3, -0.25) is 9.59 Å². The Bertz CT molecular complexity index is 794. The molecule has 0 N–H and O–H groups in total. The first kappa shape index (κ1) is 18.0. The van der Waals surface area contributed by atoms with Gasteiger partial charge in [-0.15, -0.1) is 0 Å². The lowest BCUT2D eigenvalue weighted by Crippen LogP contribution is -2.61. The zero-order valence-electron chi connectivity index (χ0n) is 16.8. The highest BCUT2D eigenvalue weighted by Gasteiger charge is 2.66. The van der Waals surface area contributed by atoms with Crippen molar-refractivity contribution in [3.8, 4) is 5.75 Å². The van der Waals surface area contributed by atoms with Crippen LogP contribution < -0.4 is 4.74 Å². The minimum atomic E-state index is -1.18. The van der Waals surface area contributed by atoms with Gasteiger partial charge in [0.05, 0.1) is 7.11 Å². The predicted octanol–water partition coefficient (Wildman–Crippen LogP) is 4.06. The standard InChI is InChI=1S/C23H28O5/c1-22(2)27-20(24)19(21(25)28-22)23-11-13-7-14(12-23)9-16(8-13)18(23)15-5-4-6-17(10-15)26-3/h4-6,10,13-14,16,18-19H,7-9,11-12H2,1-3H3. The van der Waals surface area contributed by atoms with Gasteiger partial charge in [-0.05, 0) is 73.5 Å². The summed E-state index contributed by atoms with van der Waals surface area (Å²) in [6.07, 6.45) is 5.39. The highest BCUT2D eigenvalue weighted by atomic mass is 16.7. The molecule has 150 valence electrons. The second-order valence-electron chi connectivity index (χ2n) is 9.77. The summed E-state index contributed by atoms with van der Waals surface area (Å²) in [4.78, 5) is 26.2. The molecule has 4 aliphatic carbocycles. The summed E-state index contributed by atoms with van der Waals surface area (Å²) in [6.45, 7) is 3.25. The molecule has 0 radical (unpaired) electrons. The van der Waals surface area contributed by atoms with E-state index in [0.717, 1.165) is 18.6 Å². The molecule has 0 spiro atoms. The normalized spacial score (nSPS) is 38.8. The van der Waals surface area contributed by atoms with Crippen LogP contribution in [-0.2, 0) is 19.1 Å². The van der Waals surface area contributed by atoms with Gasteiger partial charge in [0.1, 0.15) is 5.75 Å². The van der Waals surface area contributed by atoms with Gasteiger partial charge in [-0.1, -0.05) is 12.1 Å². The molecule has 0 amide bonds. The van der Waals surface area contributed by atoms with Crippen LogP contribution in [0, 0.1) is 29.1 Å². The molecule has 4 bridgehead atoms. The highest BCUT2D eigenvalue weighted by molar-refractivity contribution is 5.98. The number of hydrogen-bond acceptors (Lipinski definition) is 5. The summed E-state index contributed by atoms with van der Waals surface area (Å²) in [5.41, 5.74) is 0.764. The first-order valence-corrected chi connectivity index (χ1v) is 10.4. The molecule has 1 heterocycles. The zero-order chi connectivity index (χ0) is 19.7. The lowest BCUT2D eigenvalue weighted by atomic mass is 9.41. The molecule has 1 aromatic rings. The minimum absolute atomic E-state index is 0.154. The van der Waals surface area contributed by atoms with E-state index in [0.29, 0.717) is 17.8 Å². The third-order valence-corrected chi connectivity index (χ3v) is 7.56. The summed E-state index contributed by atoms with van der Waals surface area (Å²) in [7, 11) is 1.67. The van der Waals surface area contributed by atoms with E-state index < -0.39 is 29.1 Å². The Morgan fingerprint density at radius 3 is 2.25 bits per heavy atom. The van der Waals surface area contributed by atoms with Crippen molar-refractivity contribution in [1.29, 1.82) is 0 Å². The van der Waals surface area contributed by atoms with E-state index in [4.69, 9.17) is 14.2 Å². The number of hydrogen-bond donors (Lipinski definition) is 0. The van der Waals surface area contributed by atoms with Crippen LogP contribution in [-0.4, -0.2) is 24.8 Å². The number of methoxy groups -OCH3 is 1. The molecule has 1 aliphatic heterocycles. The monoisotopic (exact) mass is 384 g/mol. The SMILES string of the molecule is COc1cccc(C2C3CC4CC(C3)CC2(C2C(=O)OC(C)(C)OC2=O)C4)c1. The summed E-state index contributed by atoms with van der Waals surface area (Å²) in [6, 6.07) is 8.16. The fourth-order valence-electron chi connectivity index (χ4n) is 7.15. The molecule has 1 aromatic carbocycles. The van der Waals surface area contributed by atoms with Crippen molar-refractivity contribution < 1.29 is 23.8 Å². The second-order valence-corrected chi connectivity index (χ2v) is 9.77. The molecular formula is C23H28O5. The Morgan fingerprint density at radius 2 is 1.64 bits per heavy atom. The molecule has 3 atom stereocenters. The minimum Gasteiger partial charge on any atom is -0.497 e. The Kier molecular flexibility index (Phi) is 3.85. The van der Waals surface area contributed by atoms with Crippen LogP contribution in [0.5, 0.6) is 5.75 Å². The topological polar surface area (TPSA) is 61.8 Å². The smallest absolute Gasteiger partial charge is 0.324 e. The molecule has 3 unspecified atom stereocenters. The average Bonchev–Trinajstić information content (AvgIpc) is 2.59. The van der Waals surface area contributed by atoms with Crippen molar-refractivity contribution in [1.82, 2.24) is 0 Å². The van der Waals surface area contributed by atoms with Gasteiger partial charge >= 0.3 is 11.9 Å². The quantitative estimate of drug-likeness (QED) is 0.581. The van der Waals surface area contributed by atoms with Crippen molar-refractivity contribution in [2.75, 3.05) is 7.11 Å². The number of carbonyl (C=O) groups is 2. The maximum atomic E-state index is 13.1. The van der Waals surface area contributed by atoms with Gasteiger partial charge in [0.2, 0.25) is 0 Å². The maximum Gasteiger partial charge on any atom is 0.324 e. The first-order chi connectivity index (χ1) is 13.3. The number of benzene rings is 1. The summed E-state index contributed by atoms with van der Waals surface area (Å²) in [5.74, 6) is -0.174. The van der Waals surface area contributed by atoms with Gasteiger partial charge in [0.25, 0.3) is 5.79 Å². The van der Waals surface area contributed by atoms with E-state index in [9.17, 15) is 9.59 Å². The van der Waals surface area contributed by atoms with Crippen molar-refractivity contribution >= 4 is 11.9 Å². The summed E-state index contributed by atoms with van der Waals surface area (Å²) in [5, 5.41) is 0. The molecule has 28 heavy (non-hydrogen) atoms. The third-order valence-electron chi connectivity index (χ3n) is 7.56. The van der Waals surface area contributed by atoms with E-state index in [1.165, 1.54) is 24.8 Å². The molecule has 1 saturated heterocycles. The number of rotatable bonds is 3. The molecular weight excluding hydrogens is 356 g/mol. The average molecular weight is 384 g/mol. The number of cyclic esters (lactones) is 2. The van der Waals surface area contributed by atoms with Crippen molar-refractivity contribution in [2.24, 2.45) is 29.1 Å². The van der Waals surface area contributed by atoms with Crippen molar-refractivity contribution in [3.63, 3.8) is 0 Å². The molecule has 0 aromatic heterocycles. The Balaban J connectivity index is 1.61. The van der Waals surface area contributed by atoms with Gasteiger partial charge in [-0.2, -0.15) is 0 Å². The molecule has 6 rings (SSSR count). The summed E-state index contributed by atoms with van der Waals surface area (Å²) >= 11 is 0. The molecule has 5 fully saturated rings. The van der Waals surface area contributed by atoms with Gasteiger partial charge in [0, 0.05) is 19.3 Å². The van der Waals surface area contributed by atoms with Crippen LogP contribution in [0.25, 0.3) is 0 Å². The Morgan fingerprint density at radius 1 is 1.00 bits per heavy atom. The van der Waals surface area contributed by atoms with Crippen LogP contribution in [0.4, 0.5) is 0 Å². The lowest BCUT2D eigenvalue weighted by molar-refractivity contribution is -0.254. The number of ether oxygens (including phenoxy) is 3. The largest absolute Gasteiger partial charge is 0.497 e. The molecule has 4 saturated carbocycles. The zero-order valence-corrected chi connectivity index (χ0v) is 16.8. The van der Waals surface area contributed by atoms with Gasteiger partial charge in [-0.25, -0.2) is 0 Å². The van der Waals surface area contributed by atoms with Crippen LogP contribution in [0.15, 0.2) is 24.3 Å². The van der Waals surface area contributed by atoms with Crippen LogP contribution >= 0.6 is 0 Å². The Hall–Kier alpha value is -2.04. The highest BCUT2D eigenvalue weighted by Crippen LogP contribution is 2.69. The molecule has 5 heteroatoms. The number of carbonyl (C=O) groups excluding carboxylic acids is 2. The van der Waals surface area contributed by atoms with E-state index in [1.807, 2.05) is 12.1 Å². The lowest BCUT2D eigenvalue weighted by Gasteiger charge is -2.63. The fourth-order valence-corrected chi connectivity index (χ4v) is 7.15. The third kappa shape index (κ3) is 2.58. The van der Waals surface area contributed by atoms with E-state index in [1.54, 1.807) is 21.0 Å². The van der Waals surface area contributed by atoms with Crippen LogP contribution in [0.2, 0.25) is 0 Å². The summed E-state index contributed by atoms with van der Waals surface area (Å²) < 4.78 is 16.6. The van der Waals surface area contributed by atoms with Crippen LogP contribution in [0.1, 0.15) is 57.4 Å². The fraction of sp³-hybridized carbons (Fsp3) is 0.652. The van der Waals surface area contributed by atoms with Gasteiger partial charge < -0.3 is 14.2 Å². The van der Waals surface area contributed by atoms with Crippen molar-refractivity contribution in [2.45, 2.75) is 57.7 Å². The van der Waals surface area contributed by atoms with E-state index >= 15 is 0 Å². The molecule has 5 nitrogen and oxygen atoms in total. The van der Waals surface area contributed by atoms with E-state index in [2.05, 4.69) is 12.1 Å².